The first kappa shape index (κ1) is 22.0. The van der Waals surface area contributed by atoms with Gasteiger partial charge in [-0.15, -0.1) is 0 Å². The van der Waals surface area contributed by atoms with Crippen molar-refractivity contribution >= 4 is 5.97 Å². The van der Waals surface area contributed by atoms with Crippen LogP contribution in [0.5, 0.6) is 0 Å². The lowest BCUT2D eigenvalue weighted by Crippen LogP contribution is -2.44. The summed E-state index contributed by atoms with van der Waals surface area (Å²) in [6, 6.07) is 11.0. The second-order valence-electron chi connectivity index (χ2n) is 8.98. The third kappa shape index (κ3) is 5.18. The first-order valence-electron chi connectivity index (χ1n) is 11.8. The van der Waals surface area contributed by atoms with E-state index in [1.807, 2.05) is 30.3 Å². The van der Waals surface area contributed by atoms with Gasteiger partial charge in [0.1, 0.15) is 18.1 Å². The molecule has 0 amide bonds. The van der Waals surface area contributed by atoms with E-state index in [9.17, 15) is 9.90 Å². The van der Waals surface area contributed by atoms with E-state index < -0.39 is 17.7 Å². The summed E-state index contributed by atoms with van der Waals surface area (Å²) in [7, 11) is 0. The smallest absolute Gasteiger partial charge is 0.343 e. The number of hydrogen-bond acceptors (Lipinski definition) is 6. The van der Waals surface area contributed by atoms with Gasteiger partial charge in [-0.1, -0.05) is 54.8 Å². The maximum atomic E-state index is 13.5. The molecule has 2 atom stereocenters. The molecule has 0 spiro atoms. The van der Waals surface area contributed by atoms with Crippen molar-refractivity contribution in [2.75, 3.05) is 19.6 Å². The highest BCUT2D eigenvalue weighted by molar-refractivity contribution is 5.81. The fraction of sp³-hybridized carbons (Fsp3) is 0.600. The van der Waals surface area contributed by atoms with E-state index >= 15 is 0 Å². The minimum atomic E-state index is -1.63. The van der Waals surface area contributed by atoms with E-state index in [2.05, 4.69) is 10.1 Å². The predicted octanol–water partition coefficient (Wildman–Crippen LogP) is 4.60. The van der Waals surface area contributed by atoms with Crippen molar-refractivity contribution in [1.29, 1.82) is 0 Å². The topological polar surface area (TPSA) is 75.8 Å². The molecule has 0 bridgehead atoms. The molecule has 1 aromatic heterocycles. The van der Waals surface area contributed by atoms with Gasteiger partial charge in [0, 0.05) is 12.0 Å². The molecule has 2 aromatic rings. The minimum Gasteiger partial charge on any atom is -0.453 e. The SMILES string of the molecule is O=C(O[C@H](CCCN1CCCCC1)c1ccon1)C(O)(c1ccccc1)C1CCCC1. The monoisotopic (exact) mass is 426 g/mol. The molecule has 1 aliphatic carbocycles. The number of carbonyl (C=O) groups excluding carboxylic acids is 1. The fourth-order valence-corrected chi connectivity index (χ4v) is 5.11. The summed E-state index contributed by atoms with van der Waals surface area (Å²) in [6.07, 6.45) is 10.1. The van der Waals surface area contributed by atoms with E-state index in [-0.39, 0.29) is 5.92 Å². The van der Waals surface area contributed by atoms with E-state index in [1.54, 1.807) is 6.07 Å². The van der Waals surface area contributed by atoms with Crippen LogP contribution in [0.1, 0.15) is 75.1 Å². The first-order chi connectivity index (χ1) is 15.2. The number of aliphatic hydroxyl groups is 1. The molecule has 2 fully saturated rings. The molecule has 0 radical (unpaired) electrons. The average Bonchev–Trinajstić information content (AvgIpc) is 3.54. The molecular weight excluding hydrogens is 392 g/mol. The number of esters is 1. The highest BCUT2D eigenvalue weighted by Gasteiger charge is 2.48. The van der Waals surface area contributed by atoms with Crippen molar-refractivity contribution in [1.82, 2.24) is 10.1 Å². The maximum Gasteiger partial charge on any atom is 0.343 e. The van der Waals surface area contributed by atoms with Gasteiger partial charge in [0.05, 0.1) is 0 Å². The van der Waals surface area contributed by atoms with Crippen molar-refractivity contribution in [2.45, 2.75) is 69.5 Å². The van der Waals surface area contributed by atoms with Gasteiger partial charge in [-0.3, -0.25) is 0 Å². The first-order valence-corrected chi connectivity index (χ1v) is 11.8. The Morgan fingerprint density at radius 2 is 1.87 bits per heavy atom. The van der Waals surface area contributed by atoms with Crippen LogP contribution >= 0.6 is 0 Å². The molecule has 1 aromatic carbocycles. The molecule has 1 aliphatic heterocycles. The van der Waals surface area contributed by atoms with Gasteiger partial charge < -0.3 is 19.3 Å². The van der Waals surface area contributed by atoms with Gasteiger partial charge in [-0.2, -0.15) is 0 Å². The Labute approximate surface area is 184 Å². The fourth-order valence-electron chi connectivity index (χ4n) is 5.11. The maximum absolute atomic E-state index is 13.5. The second-order valence-corrected chi connectivity index (χ2v) is 8.98. The summed E-state index contributed by atoms with van der Waals surface area (Å²) < 4.78 is 11.0. The molecule has 6 nitrogen and oxygen atoms in total. The zero-order valence-corrected chi connectivity index (χ0v) is 18.2. The van der Waals surface area contributed by atoms with Crippen LogP contribution in [-0.4, -0.2) is 40.8 Å². The molecule has 1 unspecified atom stereocenters. The number of benzene rings is 1. The average molecular weight is 427 g/mol. The van der Waals surface area contributed by atoms with E-state index in [4.69, 9.17) is 9.26 Å². The Morgan fingerprint density at radius 3 is 2.55 bits per heavy atom. The third-order valence-electron chi connectivity index (χ3n) is 6.90. The molecule has 168 valence electrons. The van der Waals surface area contributed by atoms with Crippen molar-refractivity contribution < 1.29 is 19.2 Å². The van der Waals surface area contributed by atoms with Crippen molar-refractivity contribution in [2.24, 2.45) is 5.92 Å². The summed E-state index contributed by atoms with van der Waals surface area (Å²) in [5, 5.41) is 15.7. The number of carbonyl (C=O) groups is 1. The minimum absolute atomic E-state index is 0.131. The van der Waals surface area contributed by atoms with Crippen LogP contribution in [-0.2, 0) is 15.1 Å². The van der Waals surface area contributed by atoms with Gasteiger partial charge in [-0.25, -0.2) is 4.79 Å². The van der Waals surface area contributed by atoms with E-state index in [0.29, 0.717) is 17.7 Å². The summed E-state index contributed by atoms with van der Waals surface area (Å²) >= 11 is 0. The van der Waals surface area contributed by atoms with Crippen LogP contribution in [0.25, 0.3) is 0 Å². The van der Waals surface area contributed by atoms with Gasteiger partial charge in [0.2, 0.25) is 0 Å². The number of rotatable bonds is 9. The highest BCUT2D eigenvalue weighted by Crippen LogP contribution is 2.42. The Morgan fingerprint density at radius 1 is 1.13 bits per heavy atom. The largest absolute Gasteiger partial charge is 0.453 e. The zero-order valence-electron chi connectivity index (χ0n) is 18.2. The number of nitrogens with zero attached hydrogens (tertiary/aromatic N) is 2. The summed E-state index contributed by atoms with van der Waals surface area (Å²) in [5.74, 6) is -0.703. The van der Waals surface area contributed by atoms with Crippen molar-refractivity contribution in [3.63, 3.8) is 0 Å². The number of aromatic nitrogens is 1. The van der Waals surface area contributed by atoms with Crippen LogP contribution in [0, 0.1) is 5.92 Å². The lowest BCUT2D eigenvalue weighted by Gasteiger charge is -2.33. The lowest BCUT2D eigenvalue weighted by molar-refractivity contribution is -0.180. The molecule has 31 heavy (non-hydrogen) atoms. The Kier molecular flexibility index (Phi) is 7.41. The number of likely N-dealkylation sites (tertiary alicyclic amines) is 1. The number of hydrogen-bond donors (Lipinski definition) is 1. The Hall–Kier alpha value is -2.18. The van der Waals surface area contributed by atoms with Crippen molar-refractivity contribution in [3.05, 3.63) is 53.9 Å². The summed E-state index contributed by atoms with van der Waals surface area (Å²) in [5.41, 5.74) is -0.417. The molecule has 2 aliphatic rings. The standard InChI is InChI=1S/C25H34N2O4/c28-24(25(29,21-12-5-6-13-21)20-10-3-1-4-11-20)31-23(22-15-19-30-26-22)14-9-18-27-16-7-2-8-17-27/h1,3-4,10-11,15,19,21,23,29H,2,5-9,12-14,16-18H2/t23-,25?/m1/s1. The predicted molar refractivity (Wildman–Crippen MR) is 117 cm³/mol. The zero-order chi connectivity index (χ0) is 21.5. The van der Waals surface area contributed by atoms with Gasteiger partial charge in [0.15, 0.2) is 5.60 Å². The van der Waals surface area contributed by atoms with Crippen LogP contribution < -0.4 is 0 Å². The van der Waals surface area contributed by atoms with E-state index in [1.165, 1.54) is 25.5 Å². The molecule has 1 saturated heterocycles. The van der Waals surface area contributed by atoms with Gasteiger partial charge in [-0.05, 0) is 63.7 Å². The van der Waals surface area contributed by atoms with Gasteiger partial charge >= 0.3 is 5.97 Å². The van der Waals surface area contributed by atoms with Crippen LogP contribution in [0.3, 0.4) is 0 Å². The quantitative estimate of drug-likeness (QED) is 0.591. The Balaban J connectivity index is 1.48. The molecule has 6 heteroatoms. The Bertz CT molecular complexity index is 798. The van der Waals surface area contributed by atoms with Crippen molar-refractivity contribution in [3.8, 4) is 0 Å². The second kappa shape index (κ2) is 10.4. The highest BCUT2D eigenvalue weighted by atomic mass is 16.6. The molecule has 1 saturated carbocycles. The molecular formula is C25H34N2O4. The number of ether oxygens (including phenoxy) is 1. The normalized spacial score (nSPS) is 20.9. The van der Waals surface area contributed by atoms with Crippen LogP contribution in [0.15, 0.2) is 47.2 Å². The summed E-state index contributed by atoms with van der Waals surface area (Å²) in [6.45, 7) is 3.27. The van der Waals surface area contributed by atoms with Crippen LogP contribution in [0.2, 0.25) is 0 Å². The number of piperidine rings is 1. The van der Waals surface area contributed by atoms with Gasteiger partial charge in [0.25, 0.3) is 0 Å². The van der Waals surface area contributed by atoms with E-state index in [0.717, 1.165) is 51.7 Å². The van der Waals surface area contributed by atoms with Crippen LogP contribution in [0.4, 0.5) is 0 Å². The third-order valence-corrected chi connectivity index (χ3v) is 6.90. The molecule has 1 N–H and O–H groups in total. The summed E-state index contributed by atoms with van der Waals surface area (Å²) in [4.78, 5) is 16.0. The molecule has 2 heterocycles. The lowest BCUT2D eigenvalue weighted by atomic mass is 9.80. The molecule has 4 rings (SSSR count).